The highest BCUT2D eigenvalue weighted by Crippen LogP contribution is 2.28. The molecule has 1 aliphatic rings. The average molecular weight is 360 g/mol. The van der Waals surface area contributed by atoms with Crippen LogP contribution < -0.4 is 4.74 Å². The van der Waals surface area contributed by atoms with E-state index in [1.54, 1.807) is 12.3 Å². The van der Waals surface area contributed by atoms with E-state index in [0.717, 1.165) is 43.3 Å². The van der Waals surface area contributed by atoms with Gasteiger partial charge in [0, 0.05) is 43.3 Å². The van der Waals surface area contributed by atoms with Gasteiger partial charge in [-0.05, 0) is 23.8 Å². The average Bonchev–Trinajstić information content (AvgIpc) is 2.64. The van der Waals surface area contributed by atoms with E-state index in [4.69, 9.17) is 16.3 Å². The van der Waals surface area contributed by atoms with Crippen molar-refractivity contribution in [3.63, 3.8) is 0 Å². The summed E-state index contributed by atoms with van der Waals surface area (Å²) in [4.78, 5) is 2.37. The normalized spacial score (nSPS) is 15.7. The number of nitrogens with zero attached hydrogens (tertiary/aromatic N) is 3. The number of para-hydroxylation sites is 1. The van der Waals surface area contributed by atoms with Gasteiger partial charge in [-0.25, -0.2) is 0 Å². The third kappa shape index (κ3) is 4.44. The Morgan fingerprint density at radius 3 is 2.60 bits per heavy atom. The first kappa shape index (κ1) is 17.6. The number of methoxy groups -OCH3 is 1. The third-order valence-electron chi connectivity index (χ3n) is 4.31. The Morgan fingerprint density at radius 2 is 1.88 bits per heavy atom. The highest BCUT2D eigenvalue weighted by molar-refractivity contribution is 6.31. The molecule has 5 nitrogen and oxygen atoms in total. The third-order valence-corrected chi connectivity index (χ3v) is 4.68. The van der Waals surface area contributed by atoms with Gasteiger partial charge in [-0.15, -0.1) is 0 Å². The number of halogens is 1. The monoisotopic (exact) mass is 359 g/mol. The van der Waals surface area contributed by atoms with Crippen molar-refractivity contribution in [2.75, 3.05) is 33.3 Å². The standard InChI is InChI=1S/C19H22ClN3O2/c1-25-18-8-4-6-15(19(18)24)13-21-23-11-9-22(10-12-23)14-16-5-2-3-7-17(16)20/h2-8,13,24H,9-12,14H2,1H3/b21-13+. The summed E-state index contributed by atoms with van der Waals surface area (Å²) in [6.45, 7) is 4.38. The molecular formula is C19H22ClN3O2. The zero-order valence-electron chi connectivity index (χ0n) is 14.2. The van der Waals surface area contributed by atoms with Gasteiger partial charge in [0.25, 0.3) is 0 Å². The van der Waals surface area contributed by atoms with Gasteiger partial charge in [0.05, 0.1) is 13.3 Å². The Morgan fingerprint density at radius 1 is 1.12 bits per heavy atom. The SMILES string of the molecule is COc1cccc(/C=N/N2CCN(Cc3ccccc3Cl)CC2)c1O. The predicted octanol–water partition coefficient (Wildman–Crippen LogP) is 3.21. The maximum absolute atomic E-state index is 10.1. The second-order valence-corrected chi connectivity index (χ2v) is 6.37. The van der Waals surface area contributed by atoms with Gasteiger partial charge in [-0.3, -0.25) is 9.91 Å². The molecule has 1 heterocycles. The molecule has 1 aliphatic heterocycles. The van der Waals surface area contributed by atoms with Crippen molar-refractivity contribution < 1.29 is 9.84 Å². The van der Waals surface area contributed by atoms with Gasteiger partial charge in [-0.2, -0.15) is 5.10 Å². The number of ether oxygens (including phenoxy) is 1. The van der Waals surface area contributed by atoms with E-state index in [1.807, 2.05) is 35.3 Å². The van der Waals surface area contributed by atoms with E-state index in [0.29, 0.717) is 11.3 Å². The number of phenols is 1. The molecule has 0 spiro atoms. The molecule has 2 aromatic carbocycles. The smallest absolute Gasteiger partial charge is 0.166 e. The number of hydrogen-bond donors (Lipinski definition) is 1. The van der Waals surface area contributed by atoms with Crippen LogP contribution in [0.2, 0.25) is 5.02 Å². The number of hydrogen-bond acceptors (Lipinski definition) is 5. The Kier molecular flexibility index (Phi) is 5.79. The number of phenolic OH excluding ortho intramolecular Hbond substituents is 1. The first-order chi connectivity index (χ1) is 12.2. The molecule has 2 aromatic rings. The van der Waals surface area contributed by atoms with Crippen molar-refractivity contribution in [2.24, 2.45) is 5.10 Å². The van der Waals surface area contributed by atoms with Gasteiger partial charge in [0.1, 0.15) is 0 Å². The van der Waals surface area contributed by atoms with Crippen LogP contribution in [0.25, 0.3) is 0 Å². The summed E-state index contributed by atoms with van der Waals surface area (Å²) < 4.78 is 5.12. The molecule has 1 fully saturated rings. The lowest BCUT2D eigenvalue weighted by Gasteiger charge is -2.33. The summed E-state index contributed by atoms with van der Waals surface area (Å²) in [6.07, 6.45) is 1.68. The lowest BCUT2D eigenvalue weighted by molar-refractivity contribution is 0.131. The number of hydrazone groups is 1. The molecule has 0 aromatic heterocycles. The summed E-state index contributed by atoms with van der Waals surface area (Å²) in [5.41, 5.74) is 1.81. The molecule has 6 heteroatoms. The first-order valence-corrected chi connectivity index (χ1v) is 8.66. The maximum Gasteiger partial charge on any atom is 0.166 e. The summed E-state index contributed by atoms with van der Waals surface area (Å²) in [7, 11) is 1.54. The fraction of sp³-hybridized carbons (Fsp3) is 0.316. The van der Waals surface area contributed by atoms with Crippen LogP contribution >= 0.6 is 11.6 Å². The highest BCUT2D eigenvalue weighted by atomic mass is 35.5. The summed E-state index contributed by atoms with van der Waals surface area (Å²) in [6, 6.07) is 13.3. The van der Waals surface area contributed by atoms with Gasteiger partial charge in [0.2, 0.25) is 0 Å². The van der Waals surface area contributed by atoms with Gasteiger partial charge >= 0.3 is 0 Å². The van der Waals surface area contributed by atoms with E-state index in [1.165, 1.54) is 7.11 Å². The number of piperazine rings is 1. The topological polar surface area (TPSA) is 48.3 Å². The Labute approximate surface area is 153 Å². The number of benzene rings is 2. The molecule has 0 aliphatic carbocycles. The lowest BCUT2D eigenvalue weighted by atomic mass is 10.2. The quantitative estimate of drug-likeness (QED) is 0.833. The van der Waals surface area contributed by atoms with Crippen molar-refractivity contribution in [2.45, 2.75) is 6.54 Å². The van der Waals surface area contributed by atoms with Crippen molar-refractivity contribution in [3.05, 3.63) is 58.6 Å². The van der Waals surface area contributed by atoms with Crippen LogP contribution in [0.15, 0.2) is 47.6 Å². The minimum Gasteiger partial charge on any atom is -0.504 e. The van der Waals surface area contributed by atoms with Crippen LogP contribution in [0.3, 0.4) is 0 Å². The Balaban J connectivity index is 1.55. The van der Waals surface area contributed by atoms with E-state index < -0.39 is 0 Å². The molecule has 25 heavy (non-hydrogen) atoms. The molecule has 132 valence electrons. The molecule has 0 saturated carbocycles. The fourth-order valence-electron chi connectivity index (χ4n) is 2.83. The second-order valence-electron chi connectivity index (χ2n) is 5.96. The van der Waals surface area contributed by atoms with E-state index >= 15 is 0 Å². The molecule has 0 unspecified atom stereocenters. The van der Waals surface area contributed by atoms with Crippen LogP contribution in [0.1, 0.15) is 11.1 Å². The van der Waals surface area contributed by atoms with Crippen molar-refractivity contribution >= 4 is 17.8 Å². The van der Waals surface area contributed by atoms with Crippen LogP contribution in [0.4, 0.5) is 0 Å². The minimum atomic E-state index is 0.117. The van der Waals surface area contributed by atoms with E-state index in [-0.39, 0.29) is 5.75 Å². The highest BCUT2D eigenvalue weighted by Gasteiger charge is 2.16. The molecule has 0 radical (unpaired) electrons. The molecule has 1 N–H and O–H groups in total. The molecule has 0 bridgehead atoms. The Bertz CT molecular complexity index is 743. The van der Waals surface area contributed by atoms with Crippen molar-refractivity contribution in [3.8, 4) is 11.5 Å². The minimum absolute atomic E-state index is 0.117. The zero-order valence-corrected chi connectivity index (χ0v) is 15.0. The summed E-state index contributed by atoms with van der Waals surface area (Å²) >= 11 is 6.23. The summed E-state index contributed by atoms with van der Waals surface area (Å²) in [5, 5.41) is 17.4. The number of rotatable bonds is 5. The molecule has 0 amide bonds. The van der Waals surface area contributed by atoms with Crippen molar-refractivity contribution in [1.29, 1.82) is 0 Å². The van der Waals surface area contributed by atoms with Crippen LogP contribution in [-0.4, -0.2) is 54.5 Å². The maximum atomic E-state index is 10.1. The molecule has 0 atom stereocenters. The second kappa shape index (κ2) is 8.23. The van der Waals surface area contributed by atoms with E-state index in [9.17, 15) is 5.11 Å². The van der Waals surface area contributed by atoms with Gasteiger partial charge in [-0.1, -0.05) is 35.9 Å². The largest absolute Gasteiger partial charge is 0.504 e. The van der Waals surface area contributed by atoms with E-state index in [2.05, 4.69) is 16.1 Å². The van der Waals surface area contributed by atoms with Crippen LogP contribution in [-0.2, 0) is 6.54 Å². The molecule has 1 saturated heterocycles. The molecular weight excluding hydrogens is 338 g/mol. The van der Waals surface area contributed by atoms with Gasteiger partial charge in [0.15, 0.2) is 11.5 Å². The summed E-state index contributed by atoms with van der Waals surface area (Å²) in [5.74, 6) is 0.569. The van der Waals surface area contributed by atoms with Gasteiger partial charge < -0.3 is 9.84 Å². The lowest BCUT2D eigenvalue weighted by Crippen LogP contribution is -2.43. The Hall–Kier alpha value is -2.24. The predicted molar refractivity (Wildman–Crippen MR) is 101 cm³/mol. The first-order valence-electron chi connectivity index (χ1n) is 8.28. The van der Waals surface area contributed by atoms with Crippen LogP contribution in [0, 0.1) is 0 Å². The van der Waals surface area contributed by atoms with Crippen molar-refractivity contribution in [1.82, 2.24) is 9.91 Å². The molecule has 3 rings (SSSR count). The fourth-order valence-corrected chi connectivity index (χ4v) is 3.03. The number of aromatic hydroxyl groups is 1. The zero-order chi connectivity index (χ0) is 17.6. The van der Waals surface area contributed by atoms with Crippen LogP contribution in [0.5, 0.6) is 11.5 Å².